The highest BCUT2D eigenvalue weighted by molar-refractivity contribution is 7.89. The molecule has 0 spiro atoms. The van der Waals surface area contributed by atoms with Gasteiger partial charge in [-0.2, -0.15) is 0 Å². The van der Waals surface area contributed by atoms with Crippen LogP contribution in [0.2, 0.25) is 0 Å². The first-order valence-electron chi connectivity index (χ1n) is 10.4. The van der Waals surface area contributed by atoms with Crippen molar-refractivity contribution in [2.75, 3.05) is 11.1 Å². The first-order chi connectivity index (χ1) is 16.8. The fourth-order valence-corrected chi connectivity index (χ4v) is 4.57. The number of sulfonamides is 1. The van der Waals surface area contributed by atoms with Gasteiger partial charge in [-0.1, -0.05) is 47.7 Å². The van der Waals surface area contributed by atoms with Crippen molar-refractivity contribution in [2.45, 2.75) is 4.90 Å². The molecule has 2 heterocycles. The molecule has 174 valence electrons. The van der Waals surface area contributed by atoms with E-state index < -0.39 is 15.9 Å². The summed E-state index contributed by atoms with van der Waals surface area (Å²) in [5.74, 6) is -0.534. The summed E-state index contributed by atoms with van der Waals surface area (Å²) in [6.07, 6.45) is 4.54. The van der Waals surface area contributed by atoms with Crippen LogP contribution in [0, 0.1) is 0 Å². The van der Waals surface area contributed by atoms with Gasteiger partial charge in [0.25, 0.3) is 5.91 Å². The number of benzene rings is 3. The zero-order valence-corrected chi connectivity index (χ0v) is 19.0. The number of nitrogens with zero attached hydrogens (tertiary/aromatic N) is 4. The van der Waals surface area contributed by atoms with Gasteiger partial charge in [-0.05, 0) is 29.8 Å². The summed E-state index contributed by atoms with van der Waals surface area (Å²) in [5, 5.41) is 17.7. The number of rotatable bonds is 5. The van der Waals surface area contributed by atoms with Gasteiger partial charge in [0, 0.05) is 28.2 Å². The molecule has 0 atom stereocenters. The molecule has 10 nitrogen and oxygen atoms in total. The normalized spacial score (nSPS) is 11.5. The largest absolute Gasteiger partial charge is 0.397 e. The highest BCUT2D eigenvalue weighted by Crippen LogP contribution is 2.29. The predicted molar refractivity (Wildman–Crippen MR) is 132 cm³/mol. The molecule has 0 bridgehead atoms. The van der Waals surface area contributed by atoms with Crippen LogP contribution >= 0.6 is 0 Å². The van der Waals surface area contributed by atoms with Crippen LogP contribution in [0.4, 0.5) is 11.4 Å². The Labute approximate surface area is 200 Å². The number of carbonyl (C=O) groups is 1. The zero-order valence-electron chi connectivity index (χ0n) is 18.2. The summed E-state index contributed by atoms with van der Waals surface area (Å²) in [7, 11) is -4.07. The zero-order chi connectivity index (χ0) is 24.6. The molecule has 11 heteroatoms. The van der Waals surface area contributed by atoms with Crippen LogP contribution in [0.5, 0.6) is 0 Å². The van der Waals surface area contributed by atoms with Crippen molar-refractivity contribution in [1.29, 1.82) is 0 Å². The van der Waals surface area contributed by atoms with E-state index in [4.69, 9.17) is 10.9 Å². The Morgan fingerprint density at radius 2 is 1.74 bits per heavy atom. The van der Waals surface area contributed by atoms with E-state index in [0.29, 0.717) is 22.5 Å². The van der Waals surface area contributed by atoms with E-state index in [1.807, 2.05) is 12.1 Å². The number of aromatic nitrogens is 4. The highest BCUT2D eigenvalue weighted by atomic mass is 32.2. The fraction of sp³-hybridized carbons (Fsp3) is 0. The van der Waals surface area contributed by atoms with Gasteiger partial charge < -0.3 is 11.1 Å². The third kappa shape index (κ3) is 4.33. The van der Waals surface area contributed by atoms with E-state index in [9.17, 15) is 13.2 Å². The van der Waals surface area contributed by atoms with Crippen LogP contribution < -0.4 is 16.2 Å². The lowest BCUT2D eigenvalue weighted by molar-refractivity contribution is 0.101. The van der Waals surface area contributed by atoms with Crippen LogP contribution in [-0.4, -0.2) is 34.3 Å². The van der Waals surface area contributed by atoms with E-state index in [2.05, 4.69) is 20.6 Å². The second kappa shape index (κ2) is 8.63. The smallest absolute Gasteiger partial charge is 0.276 e. The minimum Gasteiger partial charge on any atom is -0.397 e. The van der Waals surface area contributed by atoms with E-state index >= 15 is 0 Å². The number of fused-ring (bicyclic) bond motifs is 1. The van der Waals surface area contributed by atoms with Crippen LogP contribution in [0.25, 0.3) is 27.6 Å². The number of hydrogen-bond acceptors (Lipinski definition) is 7. The van der Waals surface area contributed by atoms with E-state index in [0.717, 1.165) is 10.8 Å². The second-order valence-electron chi connectivity index (χ2n) is 7.74. The molecule has 35 heavy (non-hydrogen) atoms. The van der Waals surface area contributed by atoms with Gasteiger partial charge >= 0.3 is 0 Å². The number of primary sulfonamides is 1. The average molecular weight is 486 g/mol. The van der Waals surface area contributed by atoms with Crippen molar-refractivity contribution in [3.63, 3.8) is 0 Å². The van der Waals surface area contributed by atoms with Crippen molar-refractivity contribution in [2.24, 2.45) is 5.14 Å². The minimum atomic E-state index is -4.07. The first-order valence-corrected chi connectivity index (χ1v) is 11.9. The lowest BCUT2D eigenvalue weighted by Crippen LogP contribution is -2.18. The molecule has 0 aliphatic rings. The van der Waals surface area contributed by atoms with Gasteiger partial charge in [-0.25, -0.2) is 18.2 Å². The summed E-state index contributed by atoms with van der Waals surface area (Å²) < 4.78 is 26.0. The van der Waals surface area contributed by atoms with Crippen LogP contribution in [-0.2, 0) is 10.0 Å². The number of hydrogen-bond donors (Lipinski definition) is 3. The molecule has 0 saturated heterocycles. The van der Waals surface area contributed by atoms with E-state index in [-0.39, 0.29) is 16.3 Å². The fourth-order valence-electron chi connectivity index (χ4n) is 3.79. The van der Waals surface area contributed by atoms with Gasteiger partial charge in [0.05, 0.1) is 28.7 Å². The lowest BCUT2D eigenvalue weighted by Gasteiger charge is -2.12. The average Bonchev–Trinajstić information content (AvgIpc) is 3.34. The van der Waals surface area contributed by atoms with Gasteiger partial charge in [-0.3, -0.25) is 9.78 Å². The number of carbonyl (C=O) groups excluding carboxylic acids is 1. The molecule has 0 radical (unpaired) electrons. The minimum absolute atomic E-state index is 0.104. The molecule has 0 aliphatic carbocycles. The van der Waals surface area contributed by atoms with Crippen molar-refractivity contribution in [3.8, 4) is 16.8 Å². The van der Waals surface area contributed by atoms with Gasteiger partial charge in [0.2, 0.25) is 10.0 Å². The summed E-state index contributed by atoms with van der Waals surface area (Å²) >= 11 is 0. The quantitative estimate of drug-likeness (QED) is 0.345. The van der Waals surface area contributed by atoms with E-state index in [1.165, 1.54) is 16.9 Å². The number of nitrogens with one attached hydrogen (secondary N) is 1. The molecular weight excluding hydrogens is 466 g/mol. The van der Waals surface area contributed by atoms with Crippen LogP contribution in [0.15, 0.2) is 90.2 Å². The second-order valence-corrected chi connectivity index (χ2v) is 9.27. The molecule has 0 fully saturated rings. The molecule has 2 aromatic heterocycles. The SMILES string of the molecule is Nc1cncc2cc(-n3nncc3C(=O)Nc3ccc(-c4ccccc4)c(S(N)(=O)=O)c3)ccc12. The van der Waals surface area contributed by atoms with Crippen LogP contribution in [0.3, 0.4) is 0 Å². The Balaban J connectivity index is 1.48. The molecule has 0 aliphatic heterocycles. The maximum atomic E-state index is 13.1. The van der Waals surface area contributed by atoms with Crippen LogP contribution in [0.1, 0.15) is 10.5 Å². The van der Waals surface area contributed by atoms with Gasteiger partial charge in [-0.15, -0.1) is 5.10 Å². The maximum Gasteiger partial charge on any atom is 0.276 e. The number of nitrogens with two attached hydrogens (primary N) is 2. The van der Waals surface area contributed by atoms with E-state index in [1.54, 1.807) is 60.9 Å². The molecule has 3 aromatic carbocycles. The number of amides is 1. The molecule has 5 N–H and O–H groups in total. The third-order valence-corrected chi connectivity index (χ3v) is 6.38. The predicted octanol–water partition coefficient (Wildman–Crippen LogP) is 2.96. The summed E-state index contributed by atoms with van der Waals surface area (Å²) in [6, 6.07) is 18.9. The summed E-state index contributed by atoms with van der Waals surface area (Å²) in [4.78, 5) is 17.1. The topological polar surface area (TPSA) is 159 Å². The van der Waals surface area contributed by atoms with Crippen molar-refractivity contribution in [1.82, 2.24) is 20.0 Å². The molecule has 0 unspecified atom stereocenters. The molecule has 5 aromatic rings. The summed E-state index contributed by atoms with van der Waals surface area (Å²) in [6.45, 7) is 0. The first kappa shape index (κ1) is 22.2. The lowest BCUT2D eigenvalue weighted by atomic mass is 10.1. The Morgan fingerprint density at radius 1 is 0.943 bits per heavy atom. The van der Waals surface area contributed by atoms with Crippen molar-refractivity contribution in [3.05, 3.63) is 91.0 Å². The molecule has 5 rings (SSSR count). The molecule has 1 amide bonds. The number of nitrogen functional groups attached to an aromatic ring is 1. The maximum absolute atomic E-state index is 13.1. The number of pyridine rings is 1. The van der Waals surface area contributed by atoms with Gasteiger partial charge in [0.1, 0.15) is 0 Å². The Morgan fingerprint density at radius 3 is 2.51 bits per heavy atom. The van der Waals surface area contributed by atoms with Crippen molar-refractivity contribution < 1.29 is 13.2 Å². The molecular formula is C24H19N7O3S. The Bertz CT molecular complexity index is 1680. The standard InChI is InChI=1S/C24H19N7O3S/c25-21-13-27-12-16-10-18(7-9-19(16)21)31-22(14-28-30-31)24(32)29-17-6-8-20(15-4-2-1-3-5-15)23(11-17)35(26,33)34/h1-14H,25H2,(H,29,32)(H2,26,33,34). The summed E-state index contributed by atoms with van der Waals surface area (Å²) in [5.41, 5.74) is 8.60. The van der Waals surface area contributed by atoms with Gasteiger partial charge in [0.15, 0.2) is 5.69 Å². The Hall–Kier alpha value is -4.61. The highest BCUT2D eigenvalue weighted by Gasteiger charge is 2.19. The Kier molecular flexibility index (Phi) is 5.47. The van der Waals surface area contributed by atoms with Crippen molar-refractivity contribution >= 4 is 38.1 Å². The third-order valence-electron chi connectivity index (χ3n) is 5.43. The monoisotopic (exact) mass is 485 g/mol. The number of anilines is 2. The molecule has 0 saturated carbocycles.